The molecule has 0 fully saturated rings. The van der Waals surface area contributed by atoms with Crippen LogP contribution in [-0.2, 0) is 24.0 Å². The number of hydrogen-bond acceptors (Lipinski definition) is 2. The lowest BCUT2D eigenvalue weighted by Gasteiger charge is -2.03. The maximum atomic E-state index is 11.8. The van der Waals surface area contributed by atoms with Crippen LogP contribution >= 0.6 is 0 Å². The largest absolute Gasteiger partial charge is 0.461 e. The van der Waals surface area contributed by atoms with E-state index in [9.17, 15) is 4.79 Å². The third-order valence-electron chi connectivity index (χ3n) is 2.85. The summed E-state index contributed by atoms with van der Waals surface area (Å²) in [5.74, 6) is -0.228. The molecule has 0 aliphatic rings. The second-order valence-corrected chi connectivity index (χ2v) is 3.72. The van der Waals surface area contributed by atoms with Crippen molar-refractivity contribution in [1.29, 1.82) is 0 Å². The van der Waals surface area contributed by atoms with E-state index in [1.807, 2.05) is 6.92 Å². The van der Waals surface area contributed by atoms with E-state index in [1.54, 1.807) is 0 Å². The Labute approximate surface area is 97.2 Å². The average Bonchev–Trinajstić information content (AvgIpc) is 2.66. The van der Waals surface area contributed by atoms with Crippen LogP contribution in [0.3, 0.4) is 0 Å². The molecule has 1 N–H and O–H groups in total. The summed E-state index contributed by atoms with van der Waals surface area (Å²) in [5, 5.41) is 0. The van der Waals surface area contributed by atoms with Crippen molar-refractivity contribution in [1.82, 2.24) is 4.98 Å². The van der Waals surface area contributed by atoms with E-state index in [2.05, 4.69) is 25.8 Å². The van der Waals surface area contributed by atoms with Gasteiger partial charge in [-0.15, -0.1) is 0 Å². The fraction of sp³-hybridized carbons (Fsp3) is 0.615. The summed E-state index contributed by atoms with van der Waals surface area (Å²) >= 11 is 0. The van der Waals surface area contributed by atoms with E-state index in [0.717, 1.165) is 24.8 Å². The summed E-state index contributed by atoms with van der Waals surface area (Å²) in [6, 6.07) is 0. The molecule has 3 heteroatoms. The van der Waals surface area contributed by atoms with Crippen molar-refractivity contribution in [3.05, 3.63) is 22.5 Å². The van der Waals surface area contributed by atoms with E-state index in [4.69, 9.17) is 4.74 Å². The fourth-order valence-electron chi connectivity index (χ4n) is 2.13. The minimum Gasteiger partial charge on any atom is -0.461 e. The lowest BCUT2D eigenvalue weighted by atomic mass is 10.0. The highest BCUT2D eigenvalue weighted by Crippen LogP contribution is 2.22. The van der Waals surface area contributed by atoms with Crippen LogP contribution in [0.4, 0.5) is 0 Å². The van der Waals surface area contributed by atoms with Gasteiger partial charge < -0.3 is 9.72 Å². The van der Waals surface area contributed by atoms with Crippen LogP contribution in [0.15, 0.2) is 0 Å². The van der Waals surface area contributed by atoms with Crippen molar-refractivity contribution in [2.45, 2.75) is 47.0 Å². The highest BCUT2D eigenvalue weighted by atomic mass is 16.5. The molecule has 1 aromatic rings. The van der Waals surface area contributed by atoms with Gasteiger partial charge in [0.1, 0.15) is 5.69 Å². The molecule has 16 heavy (non-hydrogen) atoms. The van der Waals surface area contributed by atoms with Crippen molar-refractivity contribution >= 4 is 5.97 Å². The summed E-state index contributed by atoms with van der Waals surface area (Å²) in [5.41, 5.74) is 4.23. The minimum absolute atomic E-state index is 0.228. The van der Waals surface area contributed by atoms with E-state index in [1.165, 1.54) is 11.3 Å². The molecule has 1 rings (SSSR count). The summed E-state index contributed by atoms with van der Waals surface area (Å²) in [7, 11) is 0. The van der Waals surface area contributed by atoms with Gasteiger partial charge in [-0.2, -0.15) is 0 Å². The fourth-order valence-corrected chi connectivity index (χ4v) is 2.13. The maximum absolute atomic E-state index is 11.8. The summed E-state index contributed by atoms with van der Waals surface area (Å²) in [6.07, 6.45) is 2.76. The number of carbonyl (C=O) groups excluding carboxylic acids is 1. The quantitative estimate of drug-likeness (QED) is 0.780. The Morgan fingerprint density at radius 2 is 1.69 bits per heavy atom. The van der Waals surface area contributed by atoms with Gasteiger partial charge in [-0.1, -0.05) is 20.8 Å². The number of H-pyrrole nitrogens is 1. The Morgan fingerprint density at radius 1 is 1.06 bits per heavy atom. The number of aromatic nitrogens is 1. The Morgan fingerprint density at radius 3 is 2.12 bits per heavy atom. The zero-order chi connectivity index (χ0) is 12.1. The Bertz CT molecular complexity index is 366. The molecule has 0 aliphatic heterocycles. The first-order chi connectivity index (χ1) is 7.69. The van der Waals surface area contributed by atoms with Crippen LogP contribution in [-0.4, -0.2) is 17.6 Å². The number of aryl methyl sites for hydroxylation is 1. The van der Waals surface area contributed by atoms with Gasteiger partial charge in [-0.05, 0) is 37.3 Å². The molecule has 90 valence electrons. The molecule has 1 heterocycles. The molecule has 0 spiro atoms. The van der Waals surface area contributed by atoms with Crippen LogP contribution in [0.25, 0.3) is 0 Å². The first-order valence-corrected chi connectivity index (χ1v) is 6.09. The van der Waals surface area contributed by atoms with Gasteiger partial charge in [-0.25, -0.2) is 4.79 Å². The van der Waals surface area contributed by atoms with Gasteiger partial charge in [0.05, 0.1) is 6.61 Å². The predicted octanol–water partition coefficient (Wildman–Crippen LogP) is 2.88. The van der Waals surface area contributed by atoms with Gasteiger partial charge in [0, 0.05) is 5.69 Å². The van der Waals surface area contributed by atoms with Crippen molar-refractivity contribution in [3.63, 3.8) is 0 Å². The van der Waals surface area contributed by atoms with E-state index in [-0.39, 0.29) is 5.97 Å². The van der Waals surface area contributed by atoms with Gasteiger partial charge in [0.2, 0.25) is 0 Å². The van der Waals surface area contributed by atoms with E-state index >= 15 is 0 Å². The zero-order valence-electron chi connectivity index (χ0n) is 10.6. The molecule has 0 atom stereocenters. The van der Waals surface area contributed by atoms with Gasteiger partial charge in [0.15, 0.2) is 0 Å². The van der Waals surface area contributed by atoms with Gasteiger partial charge in [-0.3, -0.25) is 0 Å². The highest BCUT2D eigenvalue weighted by molar-refractivity contribution is 5.90. The van der Waals surface area contributed by atoms with Crippen LogP contribution < -0.4 is 0 Å². The molecule has 0 amide bonds. The molecule has 0 unspecified atom stereocenters. The molecular formula is C13H21NO2. The molecule has 1 aromatic heterocycles. The summed E-state index contributed by atoms with van der Waals surface area (Å²) < 4.78 is 5.06. The molecule has 3 nitrogen and oxygen atoms in total. The number of rotatable bonds is 5. The molecule has 0 saturated carbocycles. The first-order valence-electron chi connectivity index (χ1n) is 6.09. The molecule has 0 aromatic carbocycles. The molecular weight excluding hydrogens is 202 g/mol. The number of hydrogen-bond donors (Lipinski definition) is 1. The number of ether oxygens (including phenoxy) is 1. The molecule has 0 radical (unpaired) electrons. The zero-order valence-corrected chi connectivity index (χ0v) is 10.6. The van der Waals surface area contributed by atoms with Crippen molar-refractivity contribution in [2.24, 2.45) is 0 Å². The summed E-state index contributed by atoms with van der Waals surface area (Å²) in [4.78, 5) is 15.0. The topological polar surface area (TPSA) is 42.1 Å². The van der Waals surface area contributed by atoms with E-state index < -0.39 is 0 Å². The van der Waals surface area contributed by atoms with Crippen molar-refractivity contribution in [2.75, 3.05) is 6.61 Å². The van der Waals surface area contributed by atoms with Crippen LogP contribution in [0, 0.1) is 0 Å². The number of carbonyl (C=O) groups is 1. The second-order valence-electron chi connectivity index (χ2n) is 3.72. The van der Waals surface area contributed by atoms with Crippen LogP contribution in [0.5, 0.6) is 0 Å². The van der Waals surface area contributed by atoms with Crippen molar-refractivity contribution < 1.29 is 9.53 Å². The number of nitrogens with one attached hydrogen (secondary N) is 1. The Hall–Kier alpha value is -1.25. The minimum atomic E-state index is -0.228. The Balaban J connectivity index is 3.17. The lowest BCUT2D eigenvalue weighted by molar-refractivity contribution is 0.0519. The van der Waals surface area contributed by atoms with Gasteiger partial charge in [0.25, 0.3) is 0 Å². The van der Waals surface area contributed by atoms with Crippen molar-refractivity contribution in [3.8, 4) is 0 Å². The lowest BCUT2D eigenvalue weighted by Crippen LogP contribution is -2.08. The van der Waals surface area contributed by atoms with Gasteiger partial charge >= 0.3 is 5.97 Å². The van der Waals surface area contributed by atoms with Crippen LogP contribution in [0.2, 0.25) is 0 Å². The smallest absolute Gasteiger partial charge is 0.355 e. The normalized spacial score (nSPS) is 10.5. The first kappa shape index (κ1) is 12.8. The molecule has 0 saturated heterocycles. The molecule has 0 aliphatic carbocycles. The van der Waals surface area contributed by atoms with Crippen LogP contribution in [0.1, 0.15) is 55.0 Å². The third kappa shape index (κ3) is 2.29. The molecule has 0 bridgehead atoms. The standard InChI is InChI=1S/C13H21NO2/c1-5-9-10(6-2)12(13(15)16-8-4)14-11(9)7-3/h14H,5-8H2,1-4H3. The second kappa shape index (κ2) is 5.73. The Kier molecular flexibility index (Phi) is 4.59. The third-order valence-corrected chi connectivity index (χ3v) is 2.85. The number of esters is 1. The average molecular weight is 223 g/mol. The predicted molar refractivity (Wildman–Crippen MR) is 64.9 cm³/mol. The SMILES string of the molecule is CCOC(=O)c1[nH]c(CC)c(CC)c1CC. The maximum Gasteiger partial charge on any atom is 0.355 e. The highest BCUT2D eigenvalue weighted by Gasteiger charge is 2.19. The summed E-state index contributed by atoms with van der Waals surface area (Å²) in [6.45, 7) is 8.54. The number of aromatic amines is 1. The monoisotopic (exact) mass is 223 g/mol. The van der Waals surface area contributed by atoms with E-state index in [0.29, 0.717) is 12.3 Å².